The summed E-state index contributed by atoms with van der Waals surface area (Å²) in [6, 6.07) is 11.5. The number of hydrogen-bond donors (Lipinski definition) is 1. The van der Waals surface area contributed by atoms with Gasteiger partial charge in [-0.15, -0.1) is 11.3 Å². The summed E-state index contributed by atoms with van der Waals surface area (Å²) in [6.07, 6.45) is 1.59. The number of benzene rings is 2. The van der Waals surface area contributed by atoms with Crippen LogP contribution in [0.2, 0.25) is 10.0 Å². The van der Waals surface area contributed by atoms with E-state index in [2.05, 4.69) is 15.5 Å². The van der Waals surface area contributed by atoms with E-state index in [0.29, 0.717) is 26.4 Å². The maximum absolute atomic E-state index is 10.8. The highest BCUT2D eigenvalue weighted by atomic mass is 35.5. The smallest absolute Gasteiger partial charge is 0.258 e. The molecule has 25 heavy (non-hydrogen) atoms. The lowest BCUT2D eigenvalue weighted by molar-refractivity contribution is -0.384. The average molecular weight is 393 g/mol. The molecule has 1 N–H and O–H groups in total. The van der Waals surface area contributed by atoms with Gasteiger partial charge in [0.15, 0.2) is 0 Å². The Morgan fingerprint density at radius 3 is 2.80 bits per heavy atom. The number of non-ortho nitro benzene ring substituents is 1. The number of nitrogens with one attached hydrogen (secondary N) is 1. The normalized spacial score (nSPS) is 11.0. The highest BCUT2D eigenvalue weighted by molar-refractivity contribution is 7.14. The Morgan fingerprint density at radius 1 is 1.20 bits per heavy atom. The maximum Gasteiger partial charge on any atom is 0.270 e. The summed E-state index contributed by atoms with van der Waals surface area (Å²) < 4.78 is 0. The third-order valence-electron chi connectivity index (χ3n) is 3.17. The summed E-state index contributed by atoms with van der Waals surface area (Å²) in [6.45, 7) is 0. The number of anilines is 1. The molecule has 3 rings (SSSR count). The number of nitrogens with zero attached hydrogens (tertiary/aromatic N) is 3. The predicted molar refractivity (Wildman–Crippen MR) is 102 cm³/mol. The zero-order valence-corrected chi connectivity index (χ0v) is 14.8. The van der Waals surface area contributed by atoms with Crippen molar-refractivity contribution >= 4 is 51.6 Å². The van der Waals surface area contributed by atoms with Crippen LogP contribution in [0.3, 0.4) is 0 Å². The molecule has 0 atom stereocenters. The first-order valence-corrected chi connectivity index (χ1v) is 8.61. The monoisotopic (exact) mass is 392 g/mol. The van der Waals surface area contributed by atoms with Crippen LogP contribution >= 0.6 is 34.5 Å². The van der Waals surface area contributed by atoms with Crippen molar-refractivity contribution in [1.82, 2.24) is 4.98 Å². The van der Waals surface area contributed by atoms with Gasteiger partial charge in [-0.1, -0.05) is 41.4 Å². The molecule has 0 aliphatic rings. The summed E-state index contributed by atoms with van der Waals surface area (Å²) in [5.74, 6) is 0. The molecule has 0 radical (unpaired) electrons. The Kier molecular flexibility index (Phi) is 5.28. The quantitative estimate of drug-likeness (QED) is 0.354. The number of hydrazone groups is 1. The van der Waals surface area contributed by atoms with Crippen molar-refractivity contribution in [2.24, 2.45) is 5.10 Å². The van der Waals surface area contributed by atoms with Crippen molar-refractivity contribution in [3.05, 3.63) is 73.6 Å². The summed E-state index contributed by atoms with van der Waals surface area (Å²) in [5.41, 5.74) is 4.95. The first-order valence-electron chi connectivity index (χ1n) is 6.97. The molecule has 0 saturated carbocycles. The first kappa shape index (κ1) is 17.3. The van der Waals surface area contributed by atoms with Crippen LogP contribution in [0.1, 0.15) is 5.56 Å². The molecule has 0 amide bonds. The van der Waals surface area contributed by atoms with E-state index in [4.69, 9.17) is 23.2 Å². The van der Waals surface area contributed by atoms with Crippen LogP contribution < -0.4 is 5.43 Å². The second-order valence-corrected chi connectivity index (χ2v) is 6.56. The van der Waals surface area contributed by atoms with Gasteiger partial charge in [-0.25, -0.2) is 4.98 Å². The lowest BCUT2D eigenvalue weighted by atomic mass is 10.1. The van der Waals surface area contributed by atoms with Gasteiger partial charge in [0.05, 0.1) is 26.9 Å². The predicted octanol–water partition coefficient (Wildman–Crippen LogP) is 5.47. The van der Waals surface area contributed by atoms with Crippen LogP contribution in [0, 0.1) is 10.1 Å². The van der Waals surface area contributed by atoms with Gasteiger partial charge >= 0.3 is 0 Å². The molecule has 1 heterocycles. The van der Waals surface area contributed by atoms with Gasteiger partial charge in [0, 0.05) is 23.1 Å². The lowest BCUT2D eigenvalue weighted by Crippen LogP contribution is -1.91. The summed E-state index contributed by atoms with van der Waals surface area (Å²) in [7, 11) is 0. The van der Waals surface area contributed by atoms with Crippen LogP contribution in [0.15, 0.2) is 52.9 Å². The number of thiazole rings is 1. The molecule has 2 aromatic carbocycles. The average Bonchev–Trinajstić information content (AvgIpc) is 3.07. The molecule has 0 unspecified atom stereocenters. The molecule has 126 valence electrons. The van der Waals surface area contributed by atoms with E-state index in [-0.39, 0.29) is 5.69 Å². The zero-order valence-electron chi connectivity index (χ0n) is 12.5. The number of halogens is 2. The van der Waals surface area contributed by atoms with E-state index < -0.39 is 4.92 Å². The van der Waals surface area contributed by atoms with Crippen molar-refractivity contribution in [2.45, 2.75) is 0 Å². The second kappa shape index (κ2) is 7.60. The SMILES string of the molecule is O=[N+]([O-])c1cccc(-c2csc(N/N=C/c3ccc(Cl)c(Cl)c3)n2)c1. The molecule has 3 aromatic rings. The zero-order chi connectivity index (χ0) is 17.8. The Bertz CT molecular complexity index is 959. The molecule has 6 nitrogen and oxygen atoms in total. The first-order chi connectivity index (χ1) is 12.0. The van der Waals surface area contributed by atoms with Gasteiger partial charge in [-0.2, -0.15) is 5.10 Å². The largest absolute Gasteiger partial charge is 0.270 e. The van der Waals surface area contributed by atoms with E-state index in [1.54, 1.807) is 41.9 Å². The Hall–Kier alpha value is -2.48. The highest BCUT2D eigenvalue weighted by Gasteiger charge is 2.09. The van der Waals surface area contributed by atoms with Gasteiger partial charge in [-0.3, -0.25) is 15.5 Å². The van der Waals surface area contributed by atoms with E-state index >= 15 is 0 Å². The molecule has 0 aliphatic carbocycles. The minimum Gasteiger partial charge on any atom is -0.258 e. The molecule has 9 heteroatoms. The van der Waals surface area contributed by atoms with Gasteiger partial charge in [0.25, 0.3) is 5.69 Å². The van der Waals surface area contributed by atoms with Gasteiger partial charge in [0.2, 0.25) is 5.13 Å². The van der Waals surface area contributed by atoms with Crippen LogP contribution in [0.25, 0.3) is 11.3 Å². The maximum atomic E-state index is 10.8. The number of hydrogen-bond acceptors (Lipinski definition) is 6. The summed E-state index contributed by atoms with van der Waals surface area (Å²) in [5, 5.41) is 18.2. The van der Waals surface area contributed by atoms with Crippen LogP contribution in [-0.2, 0) is 0 Å². The van der Waals surface area contributed by atoms with Crippen LogP contribution in [0.4, 0.5) is 10.8 Å². The lowest BCUT2D eigenvalue weighted by Gasteiger charge is -1.98. The Balaban J connectivity index is 1.71. The summed E-state index contributed by atoms with van der Waals surface area (Å²) in [4.78, 5) is 14.8. The minimum atomic E-state index is -0.434. The fraction of sp³-hybridized carbons (Fsp3) is 0. The number of rotatable bonds is 5. The van der Waals surface area contributed by atoms with Crippen molar-refractivity contribution in [3.63, 3.8) is 0 Å². The van der Waals surface area contributed by atoms with E-state index in [1.807, 2.05) is 0 Å². The van der Waals surface area contributed by atoms with Gasteiger partial charge < -0.3 is 0 Å². The number of nitro benzene ring substituents is 1. The molecular formula is C16H10Cl2N4O2S. The van der Waals surface area contributed by atoms with Crippen LogP contribution in [0.5, 0.6) is 0 Å². The topological polar surface area (TPSA) is 80.4 Å². The fourth-order valence-electron chi connectivity index (χ4n) is 1.99. The Morgan fingerprint density at radius 2 is 2.04 bits per heavy atom. The van der Waals surface area contributed by atoms with Crippen molar-refractivity contribution in [3.8, 4) is 11.3 Å². The molecule has 0 aliphatic heterocycles. The third kappa shape index (κ3) is 4.33. The van der Waals surface area contributed by atoms with Crippen molar-refractivity contribution < 1.29 is 4.92 Å². The Labute approximate surface area is 156 Å². The second-order valence-electron chi connectivity index (χ2n) is 4.89. The molecule has 0 saturated heterocycles. The van der Waals surface area contributed by atoms with E-state index in [1.165, 1.54) is 23.5 Å². The summed E-state index contributed by atoms with van der Waals surface area (Å²) >= 11 is 13.1. The molecule has 0 spiro atoms. The molecule has 1 aromatic heterocycles. The highest BCUT2D eigenvalue weighted by Crippen LogP contribution is 2.27. The number of aromatic nitrogens is 1. The minimum absolute atomic E-state index is 0.0256. The van der Waals surface area contributed by atoms with Crippen molar-refractivity contribution in [1.29, 1.82) is 0 Å². The van der Waals surface area contributed by atoms with Gasteiger partial charge in [-0.05, 0) is 17.7 Å². The van der Waals surface area contributed by atoms with E-state index in [0.717, 1.165) is 5.56 Å². The van der Waals surface area contributed by atoms with Crippen LogP contribution in [-0.4, -0.2) is 16.1 Å². The van der Waals surface area contributed by atoms with E-state index in [9.17, 15) is 10.1 Å². The fourth-order valence-corrected chi connectivity index (χ4v) is 2.97. The third-order valence-corrected chi connectivity index (χ3v) is 4.66. The standard InChI is InChI=1S/C16H10Cl2N4O2S/c17-13-5-4-10(6-14(13)18)8-19-21-16-20-15(9-25-16)11-2-1-3-12(7-11)22(23)24/h1-9H,(H,20,21)/b19-8+. The van der Waals surface area contributed by atoms with Crippen molar-refractivity contribution in [2.75, 3.05) is 5.43 Å². The molecular weight excluding hydrogens is 383 g/mol. The molecule has 0 fully saturated rings. The number of nitro groups is 1. The van der Waals surface area contributed by atoms with Gasteiger partial charge in [0.1, 0.15) is 0 Å². The molecule has 0 bridgehead atoms.